The fraction of sp³-hybridized carbons (Fsp3) is 0.176. The Morgan fingerprint density at radius 1 is 1.21 bits per heavy atom. The highest BCUT2D eigenvalue weighted by molar-refractivity contribution is 5.78. The van der Waals surface area contributed by atoms with Crippen LogP contribution in [0.4, 0.5) is 5.82 Å². The smallest absolute Gasteiger partial charge is 0.323 e. The van der Waals surface area contributed by atoms with Crippen LogP contribution >= 0.6 is 0 Å². The van der Waals surface area contributed by atoms with Gasteiger partial charge in [0.15, 0.2) is 5.82 Å². The minimum absolute atomic E-state index is 0.154. The third-order valence-corrected chi connectivity index (χ3v) is 3.59. The molecular formula is C17H16N4O3. The molecule has 122 valence electrons. The van der Waals surface area contributed by atoms with Crippen molar-refractivity contribution in [2.45, 2.75) is 13.0 Å². The Kier molecular flexibility index (Phi) is 4.51. The van der Waals surface area contributed by atoms with Crippen molar-refractivity contribution < 1.29 is 9.90 Å². The number of pyridine rings is 1. The summed E-state index contributed by atoms with van der Waals surface area (Å²) >= 11 is 0. The molecular weight excluding hydrogens is 308 g/mol. The number of nitrogens with one attached hydrogen (secondary N) is 1. The third-order valence-electron chi connectivity index (χ3n) is 3.59. The number of carboxylic acids is 1. The van der Waals surface area contributed by atoms with Gasteiger partial charge < -0.3 is 10.4 Å². The van der Waals surface area contributed by atoms with E-state index in [2.05, 4.69) is 21.4 Å². The molecule has 2 aromatic heterocycles. The summed E-state index contributed by atoms with van der Waals surface area (Å²) in [5, 5.41) is 12.8. The summed E-state index contributed by atoms with van der Waals surface area (Å²) < 4.78 is 1.11. The van der Waals surface area contributed by atoms with Crippen molar-refractivity contribution in [2.24, 2.45) is 0 Å². The average Bonchev–Trinajstić information content (AvgIpc) is 2.57. The summed E-state index contributed by atoms with van der Waals surface area (Å²) in [6.45, 7) is 0.138. The van der Waals surface area contributed by atoms with Crippen molar-refractivity contribution in [3.63, 3.8) is 0 Å². The summed E-state index contributed by atoms with van der Waals surface area (Å²) in [4.78, 5) is 31.1. The molecule has 0 radical (unpaired) electrons. The Balaban J connectivity index is 1.67. The molecule has 0 saturated carbocycles. The Morgan fingerprint density at radius 2 is 2.08 bits per heavy atom. The minimum Gasteiger partial charge on any atom is -0.480 e. The lowest BCUT2D eigenvalue weighted by Gasteiger charge is -2.08. The van der Waals surface area contributed by atoms with Crippen LogP contribution in [-0.2, 0) is 17.8 Å². The summed E-state index contributed by atoms with van der Waals surface area (Å²) in [5.74, 6) is -0.916. The zero-order valence-corrected chi connectivity index (χ0v) is 12.8. The molecule has 0 bridgehead atoms. The standard InChI is InChI=1S/C17H16N4O3/c22-15(23)11-21-9-8-20-16(17(21)24)19-7-5-12-3-4-14-13(10-12)2-1-6-18-14/h1-4,6,8-10H,5,7,11H2,(H,19,20)(H,22,23). The highest BCUT2D eigenvalue weighted by atomic mass is 16.4. The lowest BCUT2D eigenvalue weighted by atomic mass is 10.1. The van der Waals surface area contributed by atoms with Gasteiger partial charge in [-0.2, -0.15) is 0 Å². The van der Waals surface area contributed by atoms with Crippen LogP contribution in [0.5, 0.6) is 0 Å². The fourth-order valence-corrected chi connectivity index (χ4v) is 2.44. The quantitative estimate of drug-likeness (QED) is 0.714. The first-order valence-corrected chi connectivity index (χ1v) is 7.48. The molecule has 7 heteroatoms. The molecule has 0 saturated heterocycles. The molecule has 0 aliphatic carbocycles. The van der Waals surface area contributed by atoms with Gasteiger partial charge in [-0.05, 0) is 30.2 Å². The van der Waals surface area contributed by atoms with E-state index in [1.165, 1.54) is 12.4 Å². The van der Waals surface area contributed by atoms with Crippen LogP contribution in [0.1, 0.15) is 5.56 Å². The summed E-state index contributed by atoms with van der Waals surface area (Å²) in [6.07, 6.45) is 5.24. The van der Waals surface area contributed by atoms with Crippen LogP contribution in [0, 0.1) is 0 Å². The average molecular weight is 324 g/mol. The number of aromatic nitrogens is 3. The number of rotatable bonds is 6. The van der Waals surface area contributed by atoms with Gasteiger partial charge in [-0.3, -0.25) is 19.1 Å². The molecule has 0 atom stereocenters. The third kappa shape index (κ3) is 3.57. The number of hydrogen-bond donors (Lipinski definition) is 2. The van der Waals surface area contributed by atoms with Gasteiger partial charge in [-0.1, -0.05) is 12.1 Å². The zero-order valence-electron chi connectivity index (χ0n) is 12.8. The van der Waals surface area contributed by atoms with E-state index in [-0.39, 0.29) is 12.4 Å². The number of nitrogens with zero attached hydrogens (tertiary/aromatic N) is 3. The maximum atomic E-state index is 12.1. The highest BCUT2D eigenvalue weighted by Crippen LogP contribution is 2.13. The molecule has 7 nitrogen and oxygen atoms in total. The molecule has 0 fully saturated rings. The second kappa shape index (κ2) is 6.91. The van der Waals surface area contributed by atoms with Crippen molar-refractivity contribution in [3.05, 3.63) is 64.8 Å². The Hall–Kier alpha value is -3.22. The lowest BCUT2D eigenvalue weighted by Crippen LogP contribution is -2.27. The van der Waals surface area contributed by atoms with Gasteiger partial charge in [0.25, 0.3) is 5.56 Å². The second-order valence-corrected chi connectivity index (χ2v) is 5.31. The first-order chi connectivity index (χ1) is 11.6. The van der Waals surface area contributed by atoms with E-state index in [1.807, 2.05) is 24.3 Å². The van der Waals surface area contributed by atoms with Crippen LogP contribution in [-0.4, -0.2) is 32.2 Å². The maximum Gasteiger partial charge on any atom is 0.323 e. The van der Waals surface area contributed by atoms with Crippen LogP contribution in [0.25, 0.3) is 10.9 Å². The van der Waals surface area contributed by atoms with Crippen molar-refractivity contribution in [2.75, 3.05) is 11.9 Å². The number of anilines is 1. The monoisotopic (exact) mass is 324 g/mol. The van der Waals surface area contributed by atoms with Crippen molar-refractivity contribution >= 4 is 22.7 Å². The molecule has 0 aliphatic rings. The highest BCUT2D eigenvalue weighted by Gasteiger charge is 2.07. The molecule has 0 spiro atoms. The first kappa shape index (κ1) is 15.7. The van der Waals surface area contributed by atoms with Crippen LogP contribution in [0.3, 0.4) is 0 Å². The summed E-state index contributed by atoms with van der Waals surface area (Å²) in [7, 11) is 0. The number of fused-ring (bicyclic) bond motifs is 1. The van der Waals surface area contributed by atoms with E-state index in [4.69, 9.17) is 5.11 Å². The predicted molar refractivity (Wildman–Crippen MR) is 90.1 cm³/mol. The van der Waals surface area contributed by atoms with E-state index in [9.17, 15) is 9.59 Å². The minimum atomic E-state index is -1.07. The van der Waals surface area contributed by atoms with Crippen LogP contribution in [0.15, 0.2) is 53.7 Å². The van der Waals surface area contributed by atoms with Gasteiger partial charge in [0.1, 0.15) is 6.54 Å². The van der Waals surface area contributed by atoms with Crippen LogP contribution in [0.2, 0.25) is 0 Å². The van der Waals surface area contributed by atoms with Gasteiger partial charge in [-0.15, -0.1) is 0 Å². The van der Waals surface area contributed by atoms with E-state index in [0.29, 0.717) is 13.0 Å². The first-order valence-electron chi connectivity index (χ1n) is 7.48. The van der Waals surface area contributed by atoms with Crippen molar-refractivity contribution in [1.29, 1.82) is 0 Å². The molecule has 3 rings (SSSR count). The van der Waals surface area contributed by atoms with Crippen molar-refractivity contribution in [1.82, 2.24) is 14.5 Å². The maximum absolute atomic E-state index is 12.1. The van der Waals surface area contributed by atoms with Gasteiger partial charge in [0.05, 0.1) is 5.52 Å². The topological polar surface area (TPSA) is 97.1 Å². The largest absolute Gasteiger partial charge is 0.480 e. The molecule has 2 heterocycles. The summed E-state index contributed by atoms with van der Waals surface area (Å²) in [5.41, 5.74) is 1.61. The van der Waals surface area contributed by atoms with E-state index in [1.54, 1.807) is 6.20 Å². The van der Waals surface area contributed by atoms with Crippen molar-refractivity contribution in [3.8, 4) is 0 Å². The summed E-state index contributed by atoms with van der Waals surface area (Å²) in [6, 6.07) is 9.92. The van der Waals surface area contributed by atoms with Gasteiger partial charge >= 0.3 is 5.97 Å². The Bertz CT molecular complexity index is 936. The van der Waals surface area contributed by atoms with Gasteiger partial charge in [0.2, 0.25) is 0 Å². The SMILES string of the molecule is O=C(O)Cn1ccnc(NCCc2ccc3ncccc3c2)c1=O. The molecule has 0 unspecified atom stereocenters. The zero-order chi connectivity index (χ0) is 16.9. The number of carboxylic acid groups (broad SMARTS) is 1. The van der Waals surface area contributed by atoms with E-state index in [0.717, 1.165) is 21.0 Å². The number of aliphatic carboxylic acids is 1. The predicted octanol–water partition coefficient (Wildman–Crippen LogP) is 1.53. The second-order valence-electron chi connectivity index (χ2n) is 5.31. The fourth-order valence-electron chi connectivity index (χ4n) is 2.44. The molecule has 2 N–H and O–H groups in total. The molecule has 24 heavy (non-hydrogen) atoms. The number of benzene rings is 1. The van der Waals surface area contributed by atoms with Gasteiger partial charge in [-0.25, -0.2) is 4.98 Å². The Morgan fingerprint density at radius 3 is 2.92 bits per heavy atom. The normalized spacial score (nSPS) is 10.7. The van der Waals surface area contributed by atoms with E-state index >= 15 is 0 Å². The van der Waals surface area contributed by atoms with Gasteiger partial charge in [0, 0.05) is 30.5 Å². The van der Waals surface area contributed by atoms with Crippen LogP contribution < -0.4 is 10.9 Å². The molecule has 0 amide bonds. The molecule has 0 aliphatic heterocycles. The number of hydrogen-bond acceptors (Lipinski definition) is 5. The Labute approximate surface area is 137 Å². The van der Waals surface area contributed by atoms with E-state index < -0.39 is 11.5 Å². The number of carbonyl (C=O) groups is 1. The molecule has 1 aromatic carbocycles. The molecule has 3 aromatic rings. The lowest BCUT2D eigenvalue weighted by molar-refractivity contribution is -0.137.